The van der Waals surface area contributed by atoms with Crippen LogP contribution in [0.3, 0.4) is 0 Å². The zero-order chi connectivity index (χ0) is 26.3. The van der Waals surface area contributed by atoms with Crippen LogP contribution in [0.25, 0.3) is 0 Å². The number of carbonyl (C=O) groups excluding carboxylic acids is 3. The fourth-order valence-electron chi connectivity index (χ4n) is 4.11. The third-order valence-electron chi connectivity index (χ3n) is 6.13. The van der Waals surface area contributed by atoms with E-state index in [-0.39, 0.29) is 17.9 Å². The Morgan fingerprint density at radius 2 is 1.64 bits per heavy atom. The van der Waals surface area contributed by atoms with Crippen molar-refractivity contribution in [2.24, 2.45) is 5.73 Å². The number of hydrogen-bond donors (Lipinski definition) is 2. The molecule has 1 saturated heterocycles. The number of amides is 3. The molecule has 1 heterocycles. The molecule has 0 aromatic heterocycles. The number of aryl methyl sites for hydroxylation is 1. The largest absolute Gasteiger partial charge is 0.453 e. The summed E-state index contributed by atoms with van der Waals surface area (Å²) < 4.78 is 4.74. The summed E-state index contributed by atoms with van der Waals surface area (Å²) in [6.07, 6.45) is 9.91. The zero-order valence-electron chi connectivity index (χ0n) is 21.8. The number of hydrogen-bond acceptors (Lipinski definition) is 5. The summed E-state index contributed by atoms with van der Waals surface area (Å²) in [7, 11) is 1.35. The van der Waals surface area contributed by atoms with Crippen LogP contribution in [-0.4, -0.2) is 67.5 Å². The maximum atomic E-state index is 12.9. The number of nitrogens with two attached hydrogens (primary N) is 1. The highest BCUT2D eigenvalue weighted by Crippen LogP contribution is 2.16. The lowest BCUT2D eigenvalue weighted by Gasteiger charge is -2.34. The van der Waals surface area contributed by atoms with Gasteiger partial charge in [0, 0.05) is 50.4 Å². The predicted molar refractivity (Wildman–Crippen MR) is 142 cm³/mol. The molecular weight excluding hydrogens is 456 g/mol. The van der Waals surface area contributed by atoms with Gasteiger partial charge >= 0.3 is 6.09 Å². The van der Waals surface area contributed by atoms with Gasteiger partial charge < -0.3 is 25.6 Å². The first kappa shape index (κ1) is 28.8. The Balaban J connectivity index is 0.00000222. The summed E-state index contributed by atoms with van der Waals surface area (Å²) in [5.74, 6) is -0.208. The van der Waals surface area contributed by atoms with Crippen molar-refractivity contribution in [3.8, 4) is 0 Å². The summed E-state index contributed by atoms with van der Waals surface area (Å²) in [5, 5.41) is 2.97. The number of rotatable bonds is 8. The molecule has 3 amide bonds. The smallest absolute Gasteiger partial charge is 0.409 e. The van der Waals surface area contributed by atoms with Gasteiger partial charge in [-0.25, -0.2) is 4.79 Å². The summed E-state index contributed by atoms with van der Waals surface area (Å²) in [5.41, 5.74) is 9.39. The van der Waals surface area contributed by atoms with E-state index in [1.807, 2.05) is 32.1 Å². The van der Waals surface area contributed by atoms with Crippen molar-refractivity contribution in [2.75, 3.05) is 39.8 Å². The molecule has 1 aromatic rings. The van der Waals surface area contributed by atoms with Crippen molar-refractivity contribution in [2.45, 2.75) is 46.1 Å². The number of unbranched alkanes of at least 4 members (excludes halogenated alkanes) is 1. The van der Waals surface area contributed by atoms with Crippen LogP contribution >= 0.6 is 0 Å². The molecule has 0 saturated carbocycles. The molecule has 0 spiro atoms. The standard InChI is InChI=1S/C26H34N4O4.C2H6/c1-34-26(33)30-17-15-29(16-18-30)25(32)22-11-6-10-21(12-13-22)24(31)28-14-5-4-8-20-7-2-3-9-23(20)19-27;1-2/h2-3,6-7,9-10,12-13H,4-5,8,11,14-19,27H2,1H3,(H,28,31);1-2H3. The van der Waals surface area contributed by atoms with E-state index in [4.69, 9.17) is 10.5 Å². The Kier molecular flexibility index (Phi) is 12.5. The molecule has 36 heavy (non-hydrogen) atoms. The normalized spacial score (nSPS) is 15.1. The second-order valence-corrected chi connectivity index (χ2v) is 8.36. The average Bonchev–Trinajstić information content (AvgIpc) is 3.20. The second kappa shape index (κ2) is 15.6. The molecule has 1 aromatic carbocycles. The number of methoxy groups -OCH3 is 1. The molecule has 0 bridgehead atoms. The molecule has 8 heteroatoms. The number of carbonyl (C=O) groups is 3. The molecule has 1 aliphatic carbocycles. The highest BCUT2D eigenvalue weighted by molar-refractivity contribution is 5.98. The van der Waals surface area contributed by atoms with E-state index in [9.17, 15) is 14.4 Å². The van der Waals surface area contributed by atoms with Crippen molar-refractivity contribution in [3.05, 3.63) is 70.8 Å². The Bertz CT molecular complexity index is 976. The van der Waals surface area contributed by atoms with Crippen molar-refractivity contribution in [1.29, 1.82) is 0 Å². The van der Waals surface area contributed by atoms with Crippen LogP contribution in [0, 0.1) is 0 Å². The van der Waals surface area contributed by atoms with Crippen molar-refractivity contribution in [3.63, 3.8) is 0 Å². The van der Waals surface area contributed by atoms with Crippen molar-refractivity contribution >= 4 is 17.9 Å². The van der Waals surface area contributed by atoms with Crippen LogP contribution in [-0.2, 0) is 27.3 Å². The Labute approximate surface area is 214 Å². The molecule has 8 nitrogen and oxygen atoms in total. The third-order valence-corrected chi connectivity index (χ3v) is 6.13. The first-order valence-corrected chi connectivity index (χ1v) is 12.8. The van der Waals surface area contributed by atoms with E-state index in [1.54, 1.807) is 28.0 Å². The van der Waals surface area contributed by atoms with Gasteiger partial charge in [0.05, 0.1) is 7.11 Å². The summed E-state index contributed by atoms with van der Waals surface area (Å²) in [6.45, 7) is 6.94. The molecule has 1 fully saturated rings. The predicted octanol–water partition coefficient (Wildman–Crippen LogP) is 3.33. The lowest BCUT2D eigenvalue weighted by atomic mass is 10.0. The van der Waals surface area contributed by atoms with Gasteiger partial charge in [-0.2, -0.15) is 0 Å². The molecule has 0 radical (unpaired) electrons. The number of piperazine rings is 1. The highest BCUT2D eigenvalue weighted by Gasteiger charge is 2.26. The van der Waals surface area contributed by atoms with Crippen LogP contribution in [0.15, 0.2) is 59.7 Å². The molecule has 196 valence electrons. The van der Waals surface area contributed by atoms with E-state index in [0.29, 0.717) is 56.8 Å². The van der Waals surface area contributed by atoms with Gasteiger partial charge in [-0.1, -0.05) is 56.3 Å². The van der Waals surface area contributed by atoms with Gasteiger partial charge in [0.2, 0.25) is 5.91 Å². The lowest BCUT2D eigenvalue weighted by Crippen LogP contribution is -2.50. The first-order chi connectivity index (χ1) is 17.5. The zero-order valence-corrected chi connectivity index (χ0v) is 21.8. The lowest BCUT2D eigenvalue weighted by molar-refractivity contribution is -0.128. The molecule has 0 atom stereocenters. The van der Waals surface area contributed by atoms with E-state index in [2.05, 4.69) is 17.4 Å². The van der Waals surface area contributed by atoms with E-state index < -0.39 is 0 Å². The van der Waals surface area contributed by atoms with Crippen molar-refractivity contribution < 1.29 is 19.1 Å². The SMILES string of the molecule is CC.COC(=O)N1CCN(C(=O)C2=CC=C(C(=O)NCCCCc3ccccc3CN)C=CC2)CC1. The monoisotopic (exact) mass is 496 g/mol. The van der Waals surface area contributed by atoms with Gasteiger partial charge in [-0.15, -0.1) is 0 Å². The molecule has 2 aliphatic rings. The van der Waals surface area contributed by atoms with Gasteiger partial charge in [0.1, 0.15) is 0 Å². The maximum absolute atomic E-state index is 12.9. The minimum absolute atomic E-state index is 0.0650. The number of nitrogens with one attached hydrogen (secondary N) is 1. The number of nitrogens with zero attached hydrogens (tertiary/aromatic N) is 2. The molecule has 0 unspecified atom stereocenters. The molecule has 3 rings (SSSR count). The number of ether oxygens (including phenoxy) is 1. The number of benzene rings is 1. The summed E-state index contributed by atoms with van der Waals surface area (Å²) in [6, 6.07) is 8.18. The Morgan fingerprint density at radius 3 is 2.31 bits per heavy atom. The maximum Gasteiger partial charge on any atom is 0.409 e. The van der Waals surface area contributed by atoms with Gasteiger partial charge in [-0.3, -0.25) is 9.59 Å². The fraction of sp³-hybridized carbons (Fsp3) is 0.464. The summed E-state index contributed by atoms with van der Waals surface area (Å²) in [4.78, 5) is 40.4. The van der Waals surface area contributed by atoms with Crippen LogP contribution < -0.4 is 11.1 Å². The van der Waals surface area contributed by atoms with Crippen LogP contribution in [0.1, 0.15) is 44.2 Å². The Hall–Kier alpha value is -3.39. The Morgan fingerprint density at radius 1 is 0.972 bits per heavy atom. The molecule has 3 N–H and O–H groups in total. The highest BCUT2D eigenvalue weighted by atomic mass is 16.5. The third kappa shape index (κ3) is 8.37. The van der Waals surface area contributed by atoms with Gasteiger partial charge in [-0.05, 0) is 42.9 Å². The fourth-order valence-corrected chi connectivity index (χ4v) is 4.11. The molecule has 1 aliphatic heterocycles. The van der Waals surface area contributed by atoms with Crippen LogP contribution in [0.4, 0.5) is 4.79 Å². The topological polar surface area (TPSA) is 105 Å². The summed E-state index contributed by atoms with van der Waals surface area (Å²) >= 11 is 0. The van der Waals surface area contributed by atoms with Crippen LogP contribution in [0.2, 0.25) is 0 Å². The first-order valence-electron chi connectivity index (χ1n) is 12.8. The second-order valence-electron chi connectivity index (χ2n) is 8.36. The van der Waals surface area contributed by atoms with Gasteiger partial charge in [0.25, 0.3) is 5.91 Å². The van der Waals surface area contributed by atoms with Gasteiger partial charge in [0.15, 0.2) is 0 Å². The van der Waals surface area contributed by atoms with E-state index >= 15 is 0 Å². The molecular formula is C28H40N4O4. The minimum Gasteiger partial charge on any atom is -0.453 e. The number of allylic oxidation sites excluding steroid dienone is 3. The van der Waals surface area contributed by atoms with E-state index in [0.717, 1.165) is 19.3 Å². The van der Waals surface area contributed by atoms with Crippen molar-refractivity contribution in [1.82, 2.24) is 15.1 Å². The quantitative estimate of drug-likeness (QED) is 0.537. The minimum atomic E-state index is -0.373. The van der Waals surface area contributed by atoms with E-state index in [1.165, 1.54) is 18.2 Å². The van der Waals surface area contributed by atoms with Crippen LogP contribution in [0.5, 0.6) is 0 Å². The average molecular weight is 497 g/mol.